The molecule has 5 amide bonds. The molecule has 0 spiro atoms. The summed E-state index contributed by atoms with van der Waals surface area (Å²) < 4.78 is 0. The van der Waals surface area contributed by atoms with E-state index in [1.165, 1.54) is 100 Å². The molecule has 1 atom stereocenters. The number of anilines is 2. The molecule has 1 aliphatic rings. The molecule has 11 nitrogen and oxygen atoms in total. The quantitative estimate of drug-likeness (QED) is 0.0263. The molecule has 1 saturated heterocycles. The second-order valence-electron chi connectivity index (χ2n) is 15.1. The van der Waals surface area contributed by atoms with Crippen molar-refractivity contribution in [1.82, 2.24) is 19.8 Å². The van der Waals surface area contributed by atoms with E-state index in [0.29, 0.717) is 28.4 Å². The highest BCUT2D eigenvalue weighted by Crippen LogP contribution is 2.28. The molecule has 12 heteroatoms. The van der Waals surface area contributed by atoms with Gasteiger partial charge in [0.1, 0.15) is 18.1 Å². The molecule has 3 N–H and O–H groups in total. The zero-order valence-corrected chi connectivity index (χ0v) is 34.4. The van der Waals surface area contributed by atoms with E-state index in [2.05, 4.69) is 27.5 Å². The minimum absolute atomic E-state index is 0.0629. The van der Waals surface area contributed by atoms with Crippen LogP contribution in [0.2, 0.25) is 5.02 Å². The van der Waals surface area contributed by atoms with Gasteiger partial charge in [-0.15, -0.1) is 0 Å². The number of nitrogens with one attached hydrogen (secondary N) is 3. The summed E-state index contributed by atoms with van der Waals surface area (Å²) in [5.41, 5.74) is 1.92. The normalized spacial score (nSPS) is 13.2. The zero-order chi connectivity index (χ0) is 41.1. The molecular weight excluding hydrogens is 752 g/mol. The Balaban J connectivity index is 1.15. The van der Waals surface area contributed by atoms with Crippen molar-refractivity contribution in [2.24, 2.45) is 0 Å². The lowest BCUT2D eigenvalue weighted by atomic mass is 10.0. The fourth-order valence-corrected chi connectivity index (χ4v) is 7.38. The van der Waals surface area contributed by atoms with Crippen LogP contribution in [0.1, 0.15) is 126 Å². The third-order valence-electron chi connectivity index (χ3n) is 10.4. The second-order valence-corrected chi connectivity index (χ2v) is 15.5. The number of benzene rings is 3. The van der Waals surface area contributed by atoms with Gasteiger partial charge in [0.25, 0.3) is 11.8 Å². The first-order valence-electron chi connectivity index (χ1n) is 20.9. The zero-order valence-electron chi connectivity index (χ0n) is 33.6. The average molecular weight is 809 g/mol. The standard InChI is InChI=1S/C46H57ClN6O5/c1-2-3-4-5-6-7-8-9-10-11-12-13-14-15-22-27-40(54)49-36-28-29-37(47)38(30-36)51-45(57)42(43(56)39-31-48-44(50-39)35-25-20-17-21-26-35)53-41(55)33-52(46(53)58)32-34-23-18-16-19-24-34/h16-21,23-26,28-31,42H,2-15,22,27,32-33H2,1H3,(H,48,50)(H,49,54)(H,51,57). The van der Waals surface area contributed by atoms with Crippen LogP contribution in [-0.4, -0.2) is 61.9 Å². The molecule has 1 aliphatic heterocycles. The maximum absolute atomic E-state index is 14.2. The van der Waals surface area contributed by atoms with Crippen molar-refractivity contribution in [3.63, 3.8) is 0 Å². The van der Waals surface area contributed by atoms with Crippen molar-refractivity contribution >= 4 is 52.5 Å². The number of nitrogens with zero attached hydrogens (tertiary/aromatic N) is 3. The van der Waals surface area contributed by atoms with Gasteiger partial charge >= 0.3 is 6.03 Å². The molecular formula is C46H57ClN6O5. The highest BCUT2D eigenvalue weighted by Gasteiger charge is 2.47. The Morgan fingerprint density at radius 1 is 0.759 bits per heavy atom. The third-order valence-corrected chi connectivity index (χ3v) is 10.8. The maximum atomic E-state index is 14.2. The summed E-state index contributed by atoms with van der Waals surface area (Å²) in [4.78, 5) is 77.6. The Hall–Kier alpha value is -5.29. The largest absolute Gasteiger partial charge is 0.335 e. The average Bonchev–Trinajstić information content (AvgIpc) is 3.83. The Kier molecular flexibility index (Phi) is 17.5. The van der Waals surface area contributed by atoms with Gasteiger partial charge in [-0.3, -0.25) is 19.2 Å². The van der Waals surface area contributed by atoms with E-state index in [0.717, 1.165) is 24.8 Å². The predicted molar refractivity (Wildman–Crippen MR) is 229 cm³/mol. The van der Waals surface area contributed by atoms with E-state index in [1.54, 1.807) is 18.2 Å². The minimum Gasteiger partial charge on any atom is -0.335 e. The summed E-state index contributed by atoms with van der Waals surface area (Å²) >= 11 is 6.50. The van der Waals surface area contributed by atoms with Crippen LogP contribution in [0.5, 0.6) is 0 Å². The van der Waals surface area contributed by atoms with Crippen LogP contribution in [0.15, 0.2) is 85.1 Å². The molecule has 0 saturated carbocycles. The first-order chi connectivity index (χ1) is 28.2. The topological polar surface area (TPSA) is 145 Å². The van der Waals surface area contributed by atoms with Gasteiger partial charge in [0.05, 0.1) is 16.9 Å². The number of amides is 5. The smallest absolute Gasteiger partial charge is 0.328 e. The summed E-state index contributed by atoms with van der Waals surface area (Å²) in [6.45, 7) is 2.05. The fraction of sp³-hybridized carbons (Fsp3) is 0.435. The first-order valence-corrected chi connectivity index (χ1v) is 21.3. The predicted octanol–water partition coefficient (Wildman–Crippen LogP) is 10.6. The Labute approximate surface area is 347 Å². The molecule has 2 heterocycles. The number of Topliss-reactive ketones (excluding diaryl/α,β-unsaturated/α-hetero) is 1. The van der Waals surface area contributed by atoms with Gasteiger partial charge in [0.2, 0.25) is 11.7 Å². The lowest BCUT2D eigenvalue weighted by Gasteiger charge is -2.24. The van der Waals surface area contributed by atoms with Crippen molar-refractivity contribution in [1.29, 1.82) is 0 Å². The number of unbranched alkanes of at least 4 members (excludes halogenated alkanes) is 14. The van der Waals surface area contributed by atoms with Gasteiger partial charge in [-0.25, -0.2) is 14.7 Å². The van der Waals surface area contributed by atoms with Gasteiger partial charge in [-0.2, -0.15) is 0 Å². The van der Waals surface area contributed by atoms with Crippen LogP contribution in [-0.2, 0) is 20.9 Å². The number of imidazole rings is 1. The number of ketones is 1. The van der Waals surface area contributed by atoms with E-state index < -0.39 is 29.7 Å². The van der Waals surface area contributed by atoms with Crippen LogP contribution < -0.4 is 10.6 Å². The lowest BCUT2D eigenvalue weighted by molar-refractivity contribution is -0.131. The molecule has 4 aromatic rings. The molecule has 5 rings (SSSR count). The van der Waals surface area contributed by atoms with E-state index in [4.69, 9.17) is 11.6 Å². The number of rotatable bonds is 25. The number of carbonyl (C=O) groups is 5. The third kappa shape index (κ3) is 13.1. The number of carbonyl (C=O) groups excluding carboxylic acids is 5. The van der Waals surface area contributed by atoms with Gasteiger partial charge in [-0.1, -0.05) is 169 Å². The highest BCUT2D eigenvalue weighted by atomic mass is 35.5. The summed E-state index contributed by atoms with van der Waals surface area (Å²) in [6.07, 6.45) is 20.3. The summed E-state index contributed by atoms with van der Waals surface area (Å²) in [5.74, 6) is -2.28. The fourth-order valence-electron chi connectivity index (χ4n) is 7.22. The number of aromatic amines is 1. The van der Waals surface area contributed by atoms with Crippen molar-refractivity contribution in [2.75, 3.05) is 17.2 Å². The number of H-pyrrole nitrogens is 1. The molecule has 3 aromatic carbocycles. The Morgan fingerprint density at radius 2 is 1.34 bits per heavy atom. The first kappa shape index (κ1) is 43.8. The summed E-state index contributed by atoms with van der Waals surface area (Å²) in [5, 5.41) is 5.66. The summed E-state index contributed by atoms with van der Waals surface area (Å²) in [7, 11) is 0. The van der Waals surface area contributed by atoms with Crippen molar-refractivity contribution in [3.05, 3.63) is 101 Å². The van der Waals surface area contributed by atoms with Gasteiger partial charge in [-0.05, 0) is 30.2 Å². The minimum atomic E-state index is -1.88. The van der Waals surface area contributed by atoms with E-state index >= 15 is 0 Å². The van der Waals surface area contributed by atoms with Crippen LogP contribution in [0, 0.1) is 0 Å². The molecule has 58 heavy (non-hydrogen) atoms. The lowest BCUT2D eigenvalue weighted by Crippen LogP contribution is -2.52. The van der Waals surface area contributed by atoms with Gasteiger partial charge in [0, 0.05) is 24.2 Å². The molecule has 0 radical (unpaired) electrons. The number of hydrogen-bond donors (Lipinski definition) is 3. The van der Waals surface area contributed by atoms with Crippen LogP contribution in [0.25, 0.3) is 11.4 Å². The van der Waals surface area contributed by atoms with E-state index in [1.807, 2.05) is 48.5 Å². The number of imide groups is 1. The van der Waals surface area contributed by atoms with Gasteiger partial charge < -0.3 is 20.5 Å². The SMILES string of the molecule is CCCCCCCCCCCCCCCCCC(=O)Nc1ccc(Cl)c(NC(=O)C(C(=O)c2cnc(-c3ccccc3)[nH]2)N2C(=O)CN(Cc3ccccc3)C2=O)c1. The second kappa shape index (κ2) is 23.2. The molecule has 1 aromatic heterocycles. The van der Waals surface area contributed by atoms with Crippen LogP contribution >= 0.6 is 11.6 Å². The molecule has 1 unspecified atom stereocenters. The molecule has 0 bridgehead atoms. The molecule has 0 aliphatic carbocycles. The Bertz CT molecular complexity index is 1950. The van der Waals surface area contributed by atoms with E-state index in [-0.39, 0.29) is 35.4 Å². The number of urea groups is 1. The number of halogens is 1. The monoisotopic (exact) mass is 808 g/mol. The number of aromatic nitrogens is 2. The molecule has 308 valence electrons. The Morgan fingerprint density at radius 3 is 1.97 bits per heavy atom. The van der Waals surface area contributed by atoms with Crippen molar-refractivity contribution in [3.8, 4) is 11.4 Å². The van der Waals surface area contributed by atoms with Crippen LogP contribution in [0.3, 0.4) is 0 Å². The highest BCUT2D eigenvalue weighted by molar-refractivity contribution is 6.34. The van der Waals surface area contributed by atoms with Crippen LogP contribution in [0.4, 0.5) is 16.2 Å². The summed E-state index contributed by atoms with van der Waals surface area (Å²) in [6, 6.07) is 20.2. The van der Waals surface area contributed by atoms with Crippen molar-refractivity contribution in [2.45, 2.75) is 122 Å². The maximum Gasteiger partial charge on any atom is 0.328 e. The van der Waals surface area contributed by atoms with Crippen molar-refractivity contribution < 1.29 is 24.0 Å². The van der Waals surface area contributed by atoms with Gasteiger partial charge in [0.15, 0.2) is 6.04 Å². The number of hydrogen-bond acceptors (Lipinski definition) is 6. The molecule has 1 fully saturated rings. The van der Waals surface area contributed by atoms with E-state index in [9.17, 15) is 24.0 Å².